The van der Waals surface area contributed by atoms with Crippen LogP contribution in [0.3, 0.4) is 0 Å². The molecule has 0 spiro atoms. The summed E-state index contributed by atoms with van der Waals surface area (Å²) in [6, 6.07) is 5.32. The normalized spacial score (nSPS) is 10.4. The number of nitrogens with zero attached hydrogens (tertiary/aromatic N) is 3. The Balaban J connectivity index is 2.08. The highest BCUT2D eigenvalue weighted by molar-refractivity contribution is 6.36. The van der Waals surface area contributed by atoms with Crippen LogP contribution in [0.5, 0.6) is 0 Å². The Hall–Kier alpha value is -1.26. The largest absolute Gasteiger partial charge is 0.377 e. The summed E-state index contributed by atoms with van der Waals surface area (Å²) >= 11 is 11.8. The molecule has 6 heteroatoms. The van der Waals surface area contributed by atoms with Crippen LogP contribution in [-0.4, -0.2) is 14.8 Å². The number of halogens is 2. The monoisotopic (exact) mass is 256 g/mol. The highest BCUT2D eigenvalue weighted by atomic mass is 35.5. The quantitative estimate of drug-likeness (QED) is 0.919. The van der Waals surface area contributed by atoms with E-state index in [2.05, 4.69) is 15.4 Å². The van der Waals surface area contributed by atoms with Gasteiger partial charge in [-0.1, -0.05) is 23.2 Å². The van der Waals surface area contributed by atoms with Gasteiger partial charge in [0.2, 0.25) is 0 Å². The molecular formula is C10H10Cl2N4. The molecule has 1 N–H and O–H groups in total. The van der Waals surface area contributed by atoms with Gasteiger partial charge in [-0.25, -0.2) is 4.98 Å². The number of anilines is 1. The number of hydrogen-bond donors (Lipinski definition) is 1. The van der Waals surface area contributed by atoms with E-state index < -0.39 is 0 Å². The molecule has 1 aromatic heterocycles. The Morgan fingerprint density at radius 3 is 2.81 bits per heavy atom. The third kappa shape index (κ3) is 2.46. The van der Waals surface area contributed by atoms with Crippen molar-refractivity contribution in [2.24, 2.45) is 7.05 Å². The van der Waals surface area contributed by atoms with Gasteiger partial charge in [0, 0.05) is 12.1 Å². The number of aryl methyl sites for hydroxylation is 1. The van der Waals surface area contributed by atoms with Crippen LogP contribution in [0.1, 0.15) is 5.82 Å². The van der Waals surface area contributed by atoms with Gasteiger partial charge in [0.25, 0.3) is 0 Å². The summed E-state index contributed by atoms with van der Waals surface area (Å²) in [4.78, 5) is 4.10. The molecule has 84 valence electrons. The molecular weight excluding hydrogens is 247 g/mol. The first kappa shape index (κ1) is 11.2. The van der Waals surface area contributed by atoms with Crippen molar-refractivity contribution in [2.75, 3.05) is 5.32 Å². The average Bonchev–Trinajstić information content (AvgIpc) is 2.63. The molecule has 2 rings (SSSR count). The minimum absolute atomic E-state index is 0.567. The summed E-state index contributed by atoms with van der Waals surface area (Å²) in [7, 11) is 1.84. The second-order valence-electron chi connectivity index (χ2n) is 3.28. The molecule has 0 bridgehead atoms. The van der Waals surface area contributed by atoms with Gasteiger partial charge in [-0.3, -0.25) is 4.68 Å². The molecule has 0 aliphatic heterocycles. The Kier molecular flexibility index (Phi) is 3.31. The zero-order valence-corrected chi connectivity index (χ0v) is 10.1. The number of nitrogens with one attached hydrogen (secondary N) is 1. The maximum Gasteiger partial charge on any atom is 0.145 e. The van der Waals surface area contributed by atoms with Crippen molar-refractivity contribution in [1.29, 1.82) is 0 Å². The van der Waals surface area contributed by atoms with Gasteiger partial charge in [-0.2, -0.15) is 5.10 Å². The van der Waals surface area contributed by atoms with Crippen LogP contribution in [0.2, 0.25) is 10.0 Å². The topological polar surface area (TPSA) is 42.7 Å². The van der Waals surface area contributed by atoms with Crippen LogP contribution in [0.25, 0.3) is 0 Å². The van der Waals surface area contributed by atoms with Gasteiger partial charge in [-0.15, -0.1) is 0 Å². The van der Waals surface area contributed by atoms with Crippen LogP contribution in [0.15, 0.2) is 24.5 Å². The lowest BCUT2D eigenvalue weighted by atomic mass is 10.3. The van der Waals surface area contributed by atoms with Crippen molar-refractivity contribution in [2.45, 2.75) is 6.54 Å². The van der Waals surface area contributed by atoms with Crippen LogP contribution < -0.4 is 5.32 Å². The zero-order valence-electron chi connectivity index (χ0n) is 8.61. The molecule has 0 aliphatic carbocycles. The van der Waals surface area contributed by atoms with Gasteiger partial charge in [-0.05, 0) is 18.2 Å². The minimum Gasteiger partial charge on any atom is -0.377 e. The van der Waals surface area contributed by atoms with Gasteiger partial charge >= 0.3 is 0 Å². The van der Waals surface area contributed by atoms with E-state index >= 15 is 0 Å². The number of hydrogen-bond acceptors (Lipinski definition) is 3. The SMILES string of the molecule is Cn1ncnc1CNc1ccc(Cl)cc1Cl. The molecule has 0 saturated heterocycles. The van der Waals surface area contributed by atoms with E-state index in [4.69, 9.17) is 23.2 Å². The van der Waals surface area contributed by atoms with Crippen molar-refractivity contribution in [3.63, 3.8) is 0 Å². The molecule has 1 aromatic carbocycles. The molecule has 0 amide bonds. The van der Waals surface area contributed by atoms with Crippen molar-refractivity contribution in [3.8, 4) is 0 Å². The fourth-order valence-corrected chi connectivity index (χ4v) is 1.76. The Morgan fingerprint density at radius 2 is 2.19 bits per heavy atom. The molecule has 0 aliphatic rings. The van der Waals surface area contributed by atoms with Gasteiger partial charge in [0.15, 0.2) is 0 Å². The van der Waals surface area contributed by atoms with Crippen molar-refractivity contribution in [1.82, 2.24) is 14.8 Å². The first-order valence-corrected chi connectivity index (χ1v) is 5.44. The standard InChI is InChI=1S/C10H10Cl2N4/c1-16-10(14-6-15-16)5-13-9-3-2-7(11)4-8(9)12/h2-4,6,13H,5H2,1H3. The van der Waals surface area contributed by atoms with Crippen LogP contribution in [0, 0.1) is 0 Å². The molecule has 0 saturated carbocycles. The highest BCUT2D eigenvalue weighted by Crippen LogP contribution is 2.25. The predicted molar refractivity (Wildman–Crippen MR) is 64.8 cm³/mol. The zero-order chi connectivity index (χ0) is 11.5. The highest BCUT2D eigenvalue weighted by Gasteiger charge is 2.03. The lowest BCUT2D eigenvalue weighted by molar-refractivity contribution is 0.712. The lowest BCUT2D eigenvalue weighted by Crippen LogP contribution is -2.06. The van der Waals surface area contributed by atoms with Crippen molar-refractivity contribution >= 4 is 28.9 Å². The van der Waals surface area contributed by atoms with Crippen molar-refractivity contribution in [3.05, 3.63) is 40.4 Å². The second-order valence-corrected chi connectivity index (χ2v) is 4.12. The van der Waals surface area contributed by atoms with Crippen LogP contribution in [-0.2, 0) is 13.6 Å². The summed E-state index contributed by atoms with van der Waals surface area (Å²) < 4.78 is 1.71. The van der Waals surface area contributed by atoms with Gasteiger partial charge < -0.3 is 5.32 Å². The molecule has 0 fully saturated rings. The number of benzene rings is 1. The second kappa shape index (κ2) is 4.72. The predicted octanol–water partition coefficient (Wildman–Crippen LogP) is 2.73. The van der Waals surface area contributed by atoms with Gasteiger partial charge in [0.05, 0.1) is 17.3 Å². The van der Waals surface area contributed by atoms with Gasteiger partial charge in [0.1, 0.15) is 12.2 Å². The maximum absolute atomic E-state index is 6.02. The molecule has 1 heterocycles. The van der Waals surface area contributed by atoms with E-state index in [1.54, 1.807) is 16.8 Å². The molecule has 0 radical (unpaired) electrons. The van der Waals surface area contributed by atoms with E-state index in [-0.39, 0.29) is 0 Å². The number of rotatable bonds is 3. The van der Waals surface area contributed by atoms with E-state index in [9.17, 15) is 0 Å². The van der Waals surface area contributed by atoms with E-state index in [0.29, 0.717) is 16.6 Å². The first-order valence-electron chi connectivity index (χ1n) is 4.68. The fraction of sp³-hybridized carbons (Fsp3) is 0.200. The Bertz CT molecular complexity index is 495. The molecule has 4 nitrogen and oxygen atoms in total. The maximum atomic E-state index is 6.02. The van der Waals surface area contributed by atoms with Crippen molar-refractivity contribution < 1.29 is 0 Å². The summed E-state index contributed by atoms with van der Waals surface area (Å²) in [6.07, 6.45) is 1.51. The average molecular weight is 257 g/mol. The number of aromatic nitrogens is 3. The summed E-state index contributed by atoms with van der Waals surface area (Å²) in [5.74, 6) is 0.839. The van der Waals surface area contributed by atoms with Crippen LogP contribution >= 0.6 is 23.2 Å². The molecule has 2 aromatic rings. The third-order valence-electron chi connectivity index (χ3n) is 2.17. The lowest BCUT2D eigenvalue weighted by Gasteiger charge is -2.07. The smallest absolute Gasteiger partial charge is 0.145 e. The van der Waals surface area contributed by atoms with E-state index in [0.717, 1.165) is 11.5 Å². The Morgan fingerprint density at radius 1 is 1.38 bits per heavy atom. The van der Waals surface area contributed by atoms with E-state index in [1.165, 1.54) is 6.33 Å². The van der Waals surface area contributed by atoms with E-state index in [1.807, 2.05) is 13.1 Å². The summed E-state index contributed by atoms with van der Waals surface area (Å²) in [5, 5.41) is 8.36. The fourth-order valence-electron chi connectivity index (χ4n) is 1.29. The van der Waals surface area contributed by atoms with Crippen LogP contribution in [0.4, 0.5) is 5.69 Å². The first-order chi connectivity index (χ1) is 7.66. The summed E-state index contributed by atoms with van der Waals surface area (Å²) in [6.45, 7) is 0.567. The molecule has 0 atom stereocenters. The molecule has 16 heavy (non-hydrogen) atoms. The minimum atomic E-state index is 0.567. The molecule has 0 unspecified atom stereocenters. The third-order valence-corrected chi connectivity index (χ3v) is 2.72. The Labute approximate surface area is 103 Å². The summed E-state index contributed by atoms with van der Waals surface area (Å²) in [5.41, 5.74) is 0.828.